The second kappa shape index (κ2) is 7.01. The third kappa shape index (κ3) is 3.47. The van der Waals surface area contributed by atoms with Crippen molar-refractivity contribution in [3.05, 3.63) is 18.5 Å². The van der Waals surface area contributed by atoms with E-state index in [1.807, 2.05) is 12.1 Å². The molecule has 25 heavy (non-hydrogen) atoms. The number of piperidine rings is 1. The number of thiol groups is 1. The number of anilines is 1. The quantitative estimate of drug-likeness (QED) is 0.767. The van der Waals surface area contributed by atoms with Crippen LogP contribution in [0, 0.1) is 5.92 Å². The first-order chi connectivity index (χ1) is 12.2. The zero-order valence-electron chi connectivity index (χ0n) is 13.7. The van der Waals surface area contributed by atoms with Crippen LogP contribution in [-0.4, -0.2) is 44.8 Å². The van der Waals surface area contributed by atoms with Crippen LogP contribution in [0.15, 0.2) is 18.5 Å². The molecule has 2 aromatic rings. The highest BCUT2D eigenvalue weighted by Crippen LogP contribution is 2.38. The molecule has 1 saturated heterocycles. The number of hydrogen-bond donors (Lipinski definition) is 2. The maximum atomic E-state index is 10.6. The Labute approximate surface area is 147 Å². The highest BCUT2D eigenvalue weighted by molar-refractivity contribution is 7.70. The third-order valence-corrected chi connectivity index (χ3v) is 5.30. The van der Waals surface area contributed by atoms with Crippen LogP contribution in [0.1, 0.15) is 19.3 Å². The molecule has 0 atom stereocenters. The van der Waals surface area contributed by atoms with Gasteiger partial charge in [-0.3, -0.25) is 0 Å². The summed E-state index contributed by atoms with van der Waals surface area (Å²) in [5, 5.41) is 0.968. The SMILES string of the molecule is O=[SH](=O)NCCC1CCN(c2ncnc3cc4c(cc23)OCO4)CC1. The van der Waals surface area contributed by atoms with Crippen molar-refractivity contribution >= 4 is 27.6 Å². The molecule has 0 spiro atoms. The van der Waals surface area contributed by atoms with Crippen molar-refractivity contribution in [3.8, 4) is 11.5 Å². The van der Waals surface area contributed by atoms with Gasteiger partial charge in [-0.05, 0) is 31.2 Å². The summed E-state index contributed by atoms with van der Waals surface area (Å²) in [6.07, 6.45) is 4.50. The molecule has 2 aliphatic rings. The Kier molecular flexibility index (Phi) is 4.58. The van der Waals surface area contributed by atoms with E-state index in [-0.39, 0.29) is 6.79 Å². The molecule has 1 aromatic carbocycles. The molecular formula is C16H20N4O4S. The molecule has 0 unspecified atom stereocenters. The number of fused-ring (bicyclic) bond motifs is 2. The second-order valence-electron chi connectivity index (χ2n) is 6.30. The van der Waals surface area contributed by atoms with Crippen LogP contribution < -0.4 is 19.1 Å². The van der Waals surface area contributed by atoms with Gasteiger partial charge in [-0.15, -0.1) is 0 Å². The number of nitrogens with zero attached hydrogens (tertiary/aromatic N) is 3. The highest BCUT2D eigenvalue weighted by atomic mass is 32.2. The van der Waals surface area contributed by atoms with Crippen LogP contribution in [0.4, 0.5) is 5.82 Å². The number of nitrogens with one attached hydrogen (secondary N) is 1. The van der Waals surface area contributed by atoms with Crippen LogP contribution in [0.25, 0.3) is 10.9 Å². The number of benzene rings is 1. The summed E-state index contributed by atoms with van der Waals surface area (Å²) in [6, 6.07) is 3.85. The van der Waals surface area contributed by atoms with Crippen molar-refractivity contribution in [1.29, 1.82) is 0 Å². The van der Waals surface area contributed by atoms with Gasteiger partial charge in [0.1, 0.15) is 12.1 Å². The maximum absolute atomic E-state index is 10.6. The predicted molar refractivity (Wildman–Crippen MR) is 93.5 cm³/mol. The summed E-state index contributed by atoms with van der Waals surface area (Å²) < 4.78 is 34.5. The monoisotopic (exact) mass is 364 g/mol. The van der Waals surface area contributed by atoms with Gasteiger partial charge in [0.15, 0.2) is 11.5 Å². The molecule has 134 valence electrons. The van der Waals surface area contributed by atoms with Crippen LogP contribution in [-0.2, 0) is 10.9 Å². The average Bonchev–Trinajstić information content (AvgIpc) is 3.07. The number of hydrogen-bond acceptors (Lipinski definition) is 7. The Morgan fingerprint density at radius 2 is 1.92 bits per heavy atom. The normalized spacial score (nSPS) is 17.6. The molecule has 9 heteroatoms. The molecule has 0 radical (unpaired) electrons. The third-order valence-electron chi connectivity index (χ3n) is 4.82. The smallest absolute Gasteiger partial charge is 0.231 e. The zero-order valence-corrected chi connectivity index (χ0v) is 14.6. The van der Waals surface area contributed by atoms with E-state index in [0.29, 0.717) is 12.5 Å². The second-order valence-corrected chi connectivity index (χ2v) is 7.13. The molecule has 0 bridgehead atoms. The molecule has 0 saturated carbocycles. The number of aromatic nitrogens is 2. The summed E-state index contributed by atoms with van der Waals surface area (Å²) in [4.78, 5) is 11.1. The van der Waals surface area contributed by atoms with E-state index < -0.39 is 10.9 Å². The molecule has 8 nitrogen and oxygen atoms in total. The van der Waals surface area contributed by atoms with E-state index in [1.54, 1.807) is 6.33 Å². The van der Waals surface area contributed by atoms with Crippen LogP contribution >= 0.6 is 0 Å². The minimum Gasteiger partial charge on any atom is -0.454 e. The lowest BCUT2D eigenvalue weighted by molar-refractivity contribution is 0.174. The van der Waals surface area contributed by atoms with Gasteiger partial charge in [0.2, 0.25) is 17.7 Å². The fraction of sp³-hybridized carbons (Fsp3) is 0.500. The standard InChI is InChI=1S/C16H20N4O4S/c21-25(22)19-4-1-11-2-5-20(6-3-11)16-12-7-14-15(24-10-23-14)8-13(12)17-9-18-16/h7-9,11,25H,1-6,10H2,(H,19,21,22). The Morgan fingerprint density at radius 1 is 1.16 bits per heavy atom. The van der Waals surface area contributed by atoms with Crippen molar-refractivity contribution in [2.45, 2.75) is 19.3 Å². The predicted octanol–water partition coefficient (Wildman–Crippen LogP) is 1.08. The average molecular weight is 364 g/mol. The Balaban J connectivity index is 1.48. The van der Waals surface area contributed by atoms with Gasteiger partial charge >= 0.3 is 0 Å². The first-order valence-electron chi connectivity index (χ1n) is 8.38. The van der Waals surface area contributed by atoms with E-state index in [0.717, 1.165) is 60.6 Å². The fourth-order valence-electron chi connectivity index (χ4n) is 3.48. The van der Waals surface area contributed by atoms with Crippen LogP contribution in [0.3, 0.4) is 0 Å². The van der Waals surface area contributed by atoms with Crippen LogP contribution in [0.2, 0.25) is 0 Å². The zero-order chi connectivity index (χ0) is 17.2. The highest BCUT2D eigenvalue weighted by Gasteiger charge is 2.23. The Morgan fingerprint density at radius 3 is 2.68 bits per heavy atom. The maximum Gasteiger partial charge on any atom is 0.231 e. The minimum absolute atomic E-state index is 0.239. The molecular weight excluding hydrogens is 344 g/mol. The lowest BCUT2D eigenvalue weighted by Crippen LogP contribution is -2.35. The van der Waals surface area contributed by atoms with Gasteiger partial charge in [-0.2, -0.15) is 0 Å². The van der Waals surface area contributed by atoms with Crippen molar-refractivity contribution < 1.29 is 17.9 Å². The number of ether oxygens (including phenoxy) is 2. The first kappa shape index (κ1) is 16.3. The largest absolute Gasteiger partial charge is 0.454 e. The van der Waals surface area contributed by atoms with Gasteiger partial charge < -0.3 is 14.4 Å². The summed E-state index contributed by atoms with van der Waals surface area (Å²) in [6.45, 7) is 2.55. The van der Waals surface area contributed by atoms with Crippen molar-refractivity contribution in [1.82, 2.24) is 14.7 Å². The fourth-order valence-corrected chi connectivity index (χ4v) is 3.79. The van der Waals surface area contributed by atoms with E-state index in [9.17, 15) is 8.42 Å². The topological polar surface area (TPSA) is 93.7 Å². The molecule has 2 aliphatic heterocycles. The number of rotatable bonds is 5. The van der Waals surface area contributed by atoms with Gasteiger partial charge in [0, 0.05) is 31.1 Å². The summed E-state index contributed by atoms with van der Waals surface area (Å²) in [5.74, 6) is 2.91. The van der Waals surface area contributed by atoms with E-state index in [4.69, 9.17) is 9.47 Å². The molecule has 1 aromatic heterocycles. The molecule has 0 aliphatic carbocycles. The van der Waals surface area contributed by atoms with Crippen LogP contribution in [0.5, 0.6) is 11.5 Å². The molecule has 4 rings (SSSR count). The van der Waals surface area contributed by atoms with E-state index in [1.165, 1.54) is 0 Å². The van der Waals surface area contributed by atoms with Gasteiger partial charge in [0.05, 0.1) is 5.52 Å². The van der Waals surface area contributed by atoms with Crippen molar-refractivity contribution in [2.24, 2.45) is 5.92 Å². The lowest BCUT2D eigenvalue weighted by atomic mass is 9.93. The summed E-state index contributed by atoms with van der Waals surface area (Å²) in [7, 11) is -2.49. The Hall–Kier alpha value is -2.13. The summed E-state index contributed by atoms with van der Waals surface area (Å²) >= 11 is 0. The molecule has 1 fully saturated rings. The van der Waals surface area contributed by atoms with Gasteiger partial charge in [-0.1, -0.05) is 0 Å². The van der Waals surface area contributed by atoms with E-state index in [2.05, 4.69) is 19.6 Å². The van der Waals surface area contributed by atoms with Gasteiger partial charge in [0.25, 0.3) is 0 Å². The Bertz CT molecular complexity index is 841. The minimum atomic E-state index is -2.49. The first-order valence-corrected chi connectivity index (χ1v) is 9.55. The molecule has 0 amide bonds. The lowest BCUT2D eigenvalue weighted by Gasteiger charge is -2.33. The summed E-state index contributed by atoms with van der Waals surface area (Å²) in [5.41, 5.74) is 0.847. The van der Waals surface area contributed by atoms with Crippen molar-refractivity contribution in [3.63, 3.8) is 0 Å². The molecule has 3 heterocycles. The van der Waals surface area contributed by atoms with E-state index >= 15 is 0 Å². The van der Waals surface area contributed by atoms with Crippen molar-refractivity contribution in [2.75, 3.05) is 31.3 Å². The molecule has 1 N–H and O–H groups in total. The van der Waals surface area contributed by atoms with Gasteiger partial charge in [-0.25, -0.2) is 23.1 Å².